The number of hydrogen-bond donors (Lipinski definition) is 0. The van der Waals surface area contributed by atoms with Gasteiger partial charge in [-0.05, 0) is 12.1 Å². The average Bonchev–Trinajstić information content (AvgIpc) is 2.17. The second kappa shape index (κ2) is 4.76. The number of ketones is 1. The molecule has 0 aromatic heterocycles. The minimum atomic E-state index is -0.115. The quantitative estimate of drug-likeness (QED) is 0.784. The molecular weight excluding hydrogens is 324 g/mol. The zero-order valence-corrected chi connectivity index (χ0v) is 11.2. The van der Waals surface area contributed by atoms with Crippen molar-refractivity contribution in [2.75, 3.05) is 6.61 Å². The molecule has 2 nitrogen and oxygen atoms in total. The molecule has 1 unspecified atom stereocenters. The molecule has 1 saturated heterocycles. The second-order valence-electron chi connectivity index (χ2n) is 3.49. The van der Waals surface area contributed by atoms with Gasteiger partial charge in [0.05, 0.1) is 12.7 Å². The summed E-state index contributed by atoms with van der Waals surface area (Å²) in [5, 5.41) is 0. The minimum Gasteiger partial charge on any atom is -0.373 e. The first-order valence-electron chi connectivity index (χ1n) is 4.75. The van der Waals surface area contributed by atoms with E-state index in [1.54, 1.807) is 0 Å². The van der Waals surface area contributed by atoms with Crippen molar-refractivity contribution in [2.45, 2.75) is 18.9 Å². The lowest BCUT2D eigenvalue weighted by Gasteiger charge is -2.24. The highest BCUT2D eigenvalue weighted by molar-refractivity contribution is 9.11. The molecular formula is C11H10Br2O2. The van der Waals surface area contributed by atoms with Gasteiger partial charge >= 0.3 is 0 Å². The molecule has 15 heavy (non-hydrogen) atoms. The largest absolute Gasteiger partial charge is 0.373 e. The molecule has 0 aliphatic carbocycles. The van der Waals surface area contributed by atoms with Gasteiger partial charge in [0.1, 0.15) is 5.78 Å². The number of Topliss-reactive ketones (excluding diaryl/α,β-unsaturated/α-hetero) is 1. The molecule has 1 atom stereocenters. The lowest BCUT2D eigenvalue weighted by Crippen LogP contribution is -2.20. The van der Waals surface area contributed by atoms with Gasteiger partial charge in [0.2, 0.25) is 0 Å². The van der Waals surface area contributed by atoms with Gasteiger partial charge in [-0.2, -0.15) is 0 Å². The number of rotatable bonds is 1. The van der Waals surface area contributed by atoms with E-state index in [0.29, 0.717) is 19.4 Å². The Morgan fingerprint density at radius 2 is 1.93 bits per heavy atom. The van der Waals surface area contributed by atoms with Crippen LogP contribution in [0.1, 0.15) is 24.5 Å². The molecule has 1 fully saturated rings. The fourth-order valence-corrected chi connectivity index (χ4v) is 3.20. The van der Waals surface area contributed by atoms with Crippen molar-refractivity contribution in [3.05, 3.63) is 32.7 Å². The SMILES string of the molecule is O=C1CCOC(c2c(Br)cccc2Br)C1. The van der Waals surface area contributed by atoms with Crippen LogP contribution < -0.4 is 0 Å². The van der Waals surface area contributed by atoms with Gasteiger partial charge in [-0.25, -0.2) is 0 Å². The highest BCUT2D eigenvalue weighted by Gasteiger charge is 2.24. The maximum atomic E-state index is 11.4. The summed E-state index contributed by atoms with van der Waals surface area (Å²) < 4.78 is 7.58. The first-order valence-corrected chi connectivity index (χ1v) is 6.34. The van der Waals surface area contributed by atoms with Crippen molar-refractivity contribution in [3.8, 4) is 0 Å². The lowest BCUT2D eigenvalue weighted by molar-refractivity contribution is -0.128. The molecule has 0 radical (unpaired) electrons. The van der Waals surface area contributed by atoms with Crippen molar-refractivity contribution < 1.29 is 9.53 Å². The van der Waals surface area contributed by atoms with Crippen LogP contribution in [-0.2, 0) is 9.53 Å². The van der Waals surface area contributed by atoms with Crippen LogP contribution in [0.5, 0.6) is 0 Å². The highest BCUT2D eigenvalue weighted by Crippen LogP contribution is 2.36. The monoisotopic (exact) mass is 332 g/mol. The van der Waals surface area contributed by atoms with Crippen LogP contribution in [0.4, 0.5) is 0 Å². The Morgan fingerprint density at radius 1 is 1.27 bits per heavy atom. The van der Waals surface area contributed by atoms with E-state index in [0.717, 1.165) is 14.5 Å². The average molecular weight is 334 g/mol. The molecule has 1 aliphatic heterocycles. The molecule has 80 valence electrons. The fraction of sp³-hybridized carbons (Fsp3) is 0.364. The van der Waals surface area contributed by atoms with E-state index < -0.39 is 0 Å². The summed E-state index contributed by atoms with van der Waals surface area (Å²) in [5.41, 5.74) is 1.03. The number of benzene rings is 1. The molecule has 1 heterocycles. The third kappa shape index (κ3) is 2.49. The third-order valence-electron chi connectivity index (χ3n) is 2.43. The summed E-state index contributed by atoms with van der Waals surface area (Å²) in [4.78, 5) is 11.4. The summed E-state index contributed by atoms with van der Waals surface area (Å²) >= 11 is 6.96. The van der Waals surface area contributed by atoms with Crippen LogP contribution in [0.3, 0.4) is 0 Å². The normalized spacial score (nSPS) is 21.7. The number of halogens is 2. The Hall–Kier alpha value is -0.190. The topological polar surface area (TPSA) is 26.3 Å². The first kappa shape index (κ1) is 11.3. The Kier molecular flexibility index (Phi) is 3.59. The molecule has 0 bridgehead atoms. The van der Waals surface area contributed by atoms with Crippen LogP contribution in [0.15, 0.2) is 27.1 Å². The fourth-order valence-electron chi connectivity index (χ4n) is 1.69. The zero-order chi connectivity index (χ0) is 10.8. The Balaban J connectivity index is 2.32. The van der Waals surface area contributed by atoms with Crippen molar-refractivity contribution in [2.24, 2.45) is 0 Å². The zero-order valence-electron chi connectivity index (χ0n) is 8.00. The van der Waals surface area contributed by atoms with Gasteiger partial charge in [0.25, 0.3) is 0 Å². The van der Waals surface area contributed by atoms with Gasteiger partial charge in [-0.1, -0.05) is 37.9 Å². The summed E-state index contributed by atoms with van der Waals surface area (Å²) in [5.74, 6) is 0.272. The maximum absolute atomic E-state index is 11.4. The van der Waals surface area contributed by atoms with Crippen LogP contribution in [-0.4, -0.2) is 12.4 Å². The minimum absolute atomic E-state index is 0.115. The number of ether oxygens (including phenoxy) is 1. The summed E-state index contributed by atoms with van der Waals surface area (Å²) in [6, 6.07) is 5.87. The number of carbonyl (C=O) groups is 1. The molecule has 0 spiro atoms. The van der Waals surface area contributed by atoms with E-state index in [1.807, 2.05) is 18.2 Å². The van der Waals surface area contributed by atoms with Crippen LogP contribution in [0.2, 0.25) is 0 Å². The third-order valence-corrected chi connectivity index (χ3v) is 3.82. The maximum Gasteiger partial charge on any atom is 0.138 e. The van der Waals surface area contributed by atoms with E-state index in [4.69, 9.17) is 4.74 Å². The predicted molar refractivity (Wildman–Crippen MR) is 64.8 cm³/mol. The molecule has 4 heteroatoms. The Morgan fingerprint density at radius 3 is 2.53 bits per heavy atom. The molecule has 2 rings (SSSR count). The highest BCUT2D eigenvalue weighted by atomic mass is 79.9. The first-order chi connectivity index (χ1) is 7.18. The second-order valence-corrected chi connectivity index (χ2v) is 5.20. The summed E-state index contributed by atoms with van der Waals surface area (Å²) in [6.07, 6.45) is 0.899. The van der Waals surface area contributed by atoms with Crippen molar-refractivity contribution in [1.82, 2.24) is 0 Å². The number of hydrogen-bond acceptors (Lipinski definition) is 2. The molecule has 0 N–H and O–H groups in total. The van der Waals surface area contributed by atoms with Gasteiger partial charge in [0, 0.05) is 27.4 Å². The Labute approximate surface area is 105 Å². The summed E-state index contributed by atoms with van der Waals surface area (Å²) in [6.45, 7) is 0.525. The van der Waals surface area contributed by atoms with Crippen molar-refractivity contribution >= 4 is 37.6 Å². The van der Waals surface area contributed by atoms with Crippen LogP contribution in [0.25, 0.3) is 0 Å². The van der Waals surface area contributed by atoms with Crippen LogP contribution in [0, 0.1) is 0 Å². The van der Waals surface area contributed by atoms with Crippen molar-refractivity contribution in [3.63, 3.8) is 0 Å². The molecule has 1 aliphatic rings. The van der Waals surface area contributed by atoms with E-state index in [2.05, 4.69) is 31.9 Å². The summed E-state index contributed by atoms with van der Waals surface area (Å²) in [7, 11) is 0. The van der Waals surface area contributed by atoms with E-state index in [-0.39, 0.29) is 11.9 Å². The standard InChI is InChI=1S/C11H10Br2O2/c12-8-2-1-3-9(13)11(8)10-6-7(14)4-5-15-10/h1-3,10H,4-6H2. The predicted octanol–water partition coefficient (Wildman–Crippen LogP) is 3.63. The number of carbonyl (C=O) groups excluding carboxylic acids is 1. The van der Waals surface area contributed by atoms with Gasteiger partial charge in [-0.3, -0.25) is 4.79 Å². The van der Waals surface area contributed by atoms with E-state index >= 15 is 0 Å². The van der Waals surface area contributed by atoms with Crippen molar-refractivity contribution in [1.29, 1.82) is 0 Å². The smallest absolute Gasteiger partial charge is 0.138 e. The van der Waals surface area contributed by atoms with Gasteiger partial charge in [0.15, 0.2) is 0 Å². The lowest BCUT2D eigenvalue weighted by atomic mass is 10.0. The molecule has 1 aromatic carbocycles. The van der Waals surface area contributed by atoms with Crippen LogP contribution >= 0.6 is 31.9 Å². The Bertz CT molecular complexity index is 370. The molecule has 1 aromatic rings. The van der Waals surface area contributed by atoms with Gasteiger partial charge < -0.3 is 4.74 Å². The van der Waals surface area contributed by atoms with E-state index in [9.17, 15) is 4.79 Å². The molecule has 0 saturated carbocycles. The molecule has 0 amide bonds. The van der Waals surface area contributed by atoms with E-state index in [1.165, 1.54) is 0 Å². The van der Waals surface area contributed by atoms with Gasteiger partial charge in [-0.15, -0.1) is 0 Å².